The van der Waals surface area contributed by atoms with Gasteiger partial charge in [0.05, 0.1) is 5.92 Å². The fourth-order valence-electron chi connectivity index (χ4n) is 2.12. The average Bonchev–Trinajstić information content (AvgIpc) is 2.65. The average molecular weight is 244 g/mol. The topological polar surface area (TPSA) is 71.4 Å². The summed E-state index contributed by atoms with van der Waals surface area (Å²) >= 11 is 1.12. The highest BCUT2D eigenvalue weighted by molar-refractivity contribution is 8.13. The van der Waals surface area contributed by atoms with Gasteiger partial charge in [-0.2, -0.15) is 0 Å². The Morgan fingerprint density at radius 3 is 2.44 bits per heavy atom. The maximum atomic E-state index is 11.8. The lowest BCUT2D eigenvalue weighted by molar-refractivity contribution is -0.145. The molecule has 0 aromatic heterocycles. The molecule has 0 bridgehead atoms. The number of aliphatic carboxylic acids is 1. The third-order valence-corrected chi connectivity index (χ3v) is 3.72. The lowest BCUT2D eigenvalue weighted by Crippen LogP contribution is -2.25. The van der Waals surface area contributed by atoms with Crippen LogP contribution in [-0.2, 0) is 14.4 Å². The summed E-state index contributed by atoms with van der Waals surface area (Å²) in [5.74, 6) is -1.23. The molecular weight excluding hydrogens is 228 g/mol. The molecule has 1 N–H and O–H groups in total. The predicted molar refractivity (Wildman–Crippen MR) is 61.2 cm³/mol. The highest BCUT2D eigenvalue weighted by Gasteiger charge is 2.36. The van der Waals surface area contributed by atoms with Crippen LogP contribution in [0.5, 0.6) is 0 Å². The summed E-state index contributed by atoms with van der Waals surface area (Å²) in [4.78, 5) is 33.3. The largest absolute Gasteiger partial charge is 0.481 e. The first kappa shape index (κ1) is 13.2. The number of carbonyl (C=O) groups is 3. The highest BCUT2D eigenvalue weighted by atomic mass is 32.2. The van der Waals surface area contributed by atoms with E-state index in [1.54, 1.807) is 0 Å². The molecular formula is C11H16O4S. The molecule has 90 valence electrons. The van der Waals surface area contributed by atoms with E-state index in [1.807, 2.05) is 0 Å². The van der Waals surface area contributed by atoms with Crippen LogP contribution in [0.3, 0.4) is 0 Å². The number of carboxylic acids is 1. The van der Waals surface area contributed by atoms with Crippen LogP contribution in [0.1, 0.15) is 32.6 Å². The Hall–Kier alpha value is -0.840. The first-order valence-corrected chi connectivity index (χ1v) is 6.40. The summed E-state index contributed by atoms with van der Waals surface area (Å²) in [6.07, 6.45) is 2.40. The summed E-state index contributed by atoms with van der Waals surface area (Å²) in [7, 11) is 0. The van der Waals surface area contributed by atoms with E-state index in [0.29, 0.717) is 25.0 Å². The minimum atomic E-state index is -0.866. The molecule has 5 heteroatoms. The zero-order valence-corrected chi connectivity index (χ0v) is 10.1. The van der Waals surface area contributed by atoms with Crippen molar-refractivity contribution in [3.05, 3.63) is 0 Å². The Morgan fingerprint density at radius 2 is 1.88 bits per heavy atom. The van der Waals surface area contributed by atoms with Crippen molar-refractivity contribution in [1.29, 1.82) is 0 Å². The van der Waals surface area contributed by atoms with Gasteiger partial charge in [0.2, 0.25) is 0 Å². The van der Waals surface area contributed by atoms with Gasteiger partial charge in [0.1, 0.15) is 5.78 Å². The van der Waals surface area contributed by atoms with Crippen LogP contribution in [-0.4, -0.2) is 27.7 Å². The summed E-state index contributed by atoms with van der Waals surface area (Å²) in [5, 5.41) is 8.93. The molecule has 0 radical (unpaired) electrons. The maximum absolute atomic E-state index is 11.8. The molecule has 0 aliphatic heterocycles. The molecule has 4 nitrogen and oxygen atoms in total. The van der Waals surface area contributed by atoms with E-state index < -0.39 is 11.9 Å². The molecule has 0 saturated heterocycles. The predicted octanol–water partition coefficient (Wildman–Crippen LogP) is 1.73. The van der Waals surface area contributed by atoms with Crippen LogP contribution in [0.4, 0.5) is 0 Å². The molecule has 1 aliphatic carbocycles. The van der Waals surface area contributed by atoms with Crippen LogP contribution in [0.15, 0.2) is 0 Å². The van der Waals surface area contributed by atoms with Gasteiger partial charge in [-0.05, 0) is 12.8 Å². The number of thioether (sulfide) groups is 1. The van der Waals surface area contributed by atoms with E-state index >= 15 is 0 Å². The van der Waals surface area contributed by atoms with Gasteiger partial charge in [-0.3, -0.25) is 14.4 Å². The molecule has 16 heavy (non-hydrogen) atoms. The molecule has 0 heterocycles. The van der Waals surface area contributed by atoms with E-state index in [4.69, 9.17) is 5.11 Å². The van der Waals surface area contributed by atoms with E-state index in [9.17, 15) is 14.4 Å². The number of hydrogen-bond donors (Lipinski definition) is 1. The zero-order chi connectivity index (χ0) is 12.1. The van der Waals surface area contributed by atoms with Gasteiger partial charge >= 0.3 is 5.97 Å². The summed E-state index contributed by atoms with van der Waals surface area (Å²) < 4.78 is 0. The van der Waals surface area contributed by atoms with Gasteiger partial charge in [-0.1, -0.05) is 18.2 Å². The van der Waals surface area contributed by atoms with Crippen LogP contribution < -0.4 is 0 Å². The second-order valence-electron chi connectivity index (χ2n) is 4.04. The van der Waals surface area contributed by atoms with Gasteiger partial charge in [0.15, 0.2) is 5.12 Å². The first-order chi connectivity index (χ1) is 7.52. The number of rotatable bonds is 5. The third kappa shape index (κ3) is 3.63. The number of carbonyl (C=O) groups excluding carboxylic acids is 2. The van der Waals surface area contributed by atoms with Crippen molar-refractivity contribution in [3.8, 4) is 0 Å². The summed E-state index contributed by atoms with van der Waals surface area (Å²) in [6.45, 7) is 1.46. The molecule has 0 aromatic carbocycles. The molecule has 1 aliphatic rings. The lowest BCUT2D eigenvalue weighted by Gasteiger charge is -2.13. The maximum Gasteiger partial charge on any atom is 0.307 e. The molecule has 0 aromatic rings. The van der Waals surface area contributed by atoms with Gasteiger partial charge < -0.3 is 5.11 Å². The third-order valence-electron chi connectivity index (χ3n) is 2.90. The molecule has 1 fully saturated rings. The lowest BCUT2D eigenvalue weighted by atomic mass is 9.91. The normalized spacial score (nSPS) is 24.3. The summed E-state index contributed by atoms with van der Waals surface area (Å²) in [5.41, 5.74) is 0. The molecule has 1 rings (SSSR count). The van der Waals surface area contributed by atoms with Gasteiger partial charge in [-0.25, -0.2) is 0 Å². The van der Waals surface area contributed by atoms with E-state index in [-0.39, 0.29) is 16.8 Å². The Kier molecular flexibility index (Phi) is 4.99. The second kappa shape index (κ2) is 6.03. The SMILES string of the molecule is CC(=O)SCCC(=O)C1CCCC1C(=O)O. The fourth-order valence-corrected chi connectivity index (χ4v) is 2.71. The van der Waals surface area contributed by atoms with Crippen molar-refractivity contribution < 1.29 is 19.5 Å². The Balaban J connectivity index is 2.41. The van der Waals surface area contributed by atoms with Crippen molar-refractivity contribution in [2.45, 2.75) is 32.6 Å². The first-order valence-electron chi connectivity index (χ1n) is 5.41. The van der Waals surface area contributed by atoms with Crippen molar-refractivity contribution in [1.82, 2.24) is 0 Å². The van der Waals surface area contributed by atoms with Gasteiger partial charge in [0.25, 0.3) is 0 Å². The van der Waals surface area contributed by atoms with Crippen molar-refractivity contribution in [2.24, 2.45) is 11.8 Å². The van der Waals surface area contributed by atoms with Crippen molar-refractivity contribution >= 4 is 28.6 Å². The molecule has 0 amide bonds. The molecule has 2 atom stereocenters. The van der Waals surface area contributed by atoms with E-state index in [2.05, 4.69) is 0 Å². The quantitative estimate of drug-likeness (QED) is 0.797. The Bertz CT molecular complexity index is 300. The molecule has 0 spiro atoms. The monoisotopic (exact) mass is 244 g/mol. The fraction of sp³-hybridized carbons (Fsp3) is 0.727. The van der Waals surface area contributed by atoms with Crippen LogP contribution >= 0.6 is 11.8 Å². The number of Topliss-reactive ketones (excluding diaryl/α,β-unsaturated/α-hetero) is 1. The molecule has 2 unspecified atom stereocenters. The minimum Gasteiger partial charge on any atom is -0.481 e. The highest BCUT2D eigenvalue weighted by Crippen LogP contribution is 2.33. The van der Waals surface area contributed by atoms with E-state index in [1.165, 1.54) is 6.92 Å². The standard InChI is InChI=1S/C11H16O4S/c1-7(12)16-6-5-10(13)8-3-2-4-9(8)11(14)15/h8-9H,2-6H2,1H3,(H,14,15). The van der Waals surface area contributed by atoms with Crippen LogP contribution in [0.25, 0.3) is 0 Å². The Labute approximate surface area is 98.8 Å². The number of ketones is 1. The number of carboxylic acid groups (broad SMARTS) is 1. The molecule has 1 saturated carbocycles. The van der Waals surface area contributed by atoms with Gasteiger partial charge in [0, 0.05) is 25.0 Å². The van der Waals surface area contributed by atoms with Crippen molar-refractivity contribution in [2.75, 3.05) is 5.75 Å². The summed E-state index contributed by atoms with van der Waals surface area (Å²) in [6, 6.07) is 0. The number of hydrogen-bond acceptors (Lipinski definition) is 4. The Morgan fingerprint density at radius 1 is 1.25 bits per heavy atom. The second-order valence-corrected chi connectivity index (χ2v) is 5.31. The van der Waals surface area contributed by atoms with Crippen LogP contribution in [0, 0.1) is 11.8 Å². The van der Waals surface area contributed by atoms with Crippen LogP contribution in [0.2, 0.25) is 0 Å². The van der Waals surface area contributed by atoms with E-state index in [0.717, 1.165) is 18.2 Å². The van der Waals surface area contributed by atoms with Gasteiger partial charge in [-0.15, -0.1) is 0 Å². The van der Waals surface area contributed by atoms with Crippen molar-refractivity contribution in [3.63, 3.8) is 0 Å². The minimum absolute atomic E-state index is 0.00125. The smallest absolute Gasteiger partial charge is 0.307 e. The zero-order valence-electron chi connectivity index (χ0n) is 9.27.